The predicted molar refractivity (Wildman–Crippen MR) is 76.2 cm³/mol. The Morgan fingerprint density at radius 2 is 1.58 bits per heavy atom. The molecule has 1 N–H and O–H groups in total. The largest absolute Gasteiger partial charge is 0.370 e. The van der Waals surface area contributed by atoms with E-state index in [4.69, 9.17) is 4.74 Å². The first kappa shape index (κ1) is 12.6. The number of morpholine rings is 1. The summed E-state index contributed by atoms with van der Waals surface area (Å²) in [4.78, 5) is 1.83. The van der Waals surface area contributed by atoms with E-state index in [1.165, 1.54) is 51.7 Å². The number of hydrogen-bond donors (Lipinski definition) is 1. The minimum Gasteiger partial charge on any atom is -0.370 e. The number of hydrogen-bond acceptors (Lipinski definition) is 1. The van der Waals surface area contributed by atoms with Crippen LogP contribution in [-0.4, -0.2) is 32.8 Å². The van der Waals surface area contributed by atoms with E-state index in [-0.39, 0.29) is 0 Å². The zero-order valence-corrected chi connectivity index (χ0v) is 12.8. The van der Waals surface area contributed by atoms with Gasteiger partial charge in [0.1, 0.15) is 13.1 Å². The van der Waals surface area contributed by atoms with Gasteiger partial charge in [0, 0.05) is 5.41 Å². The maximum Gasteiger partial charge on any atom is 0.101 e. The number of nitrogens with one attached hydrogen (secondary N) is 1. The molecule has 2 heteroatoms. The van der Waals surface area contributed by atoms with Gasteiger partial charge in [-0.3, -0.25) is 0 Å². The summed E-state index contributed by atoms with van der Waals surface area (Å²) in [6.07, 6.45) is 9.16. The second-order valence-corrected chi connectivity index (χ2v) is 9.17. The lowest BCUT2D eigenvalue weighted by atomic mass is 9.40. The Hall–Kier alpha value is -0.0800. The summed E-state index contributed by atoms with van der Waals surface area (Å²) in [6.45, 7) is 11.1. The average molecular weight is 264 g/mol. The van der Waals surface area contributed by atoms with E-state index in [1.54, 1.807) is 6.42 Å². The van der Waals surface area contributed by atoms with Gasteiger partial charge in [-0.05, 0) is 55.3 Å². The van der Waals surface area contributed by atoms with Crippen LogP contribution in [0.3, 0.4) is 0 Å². The molecule has 5 fully saturated rings. The minimum absolute atomic E-state index is 0.680. The zero-order chi connectivity index (χ0) is 13.1. The van der Waals surface area contributed by atoms with E-state index >= 15 is 0 Å². The number of ether oxygens (including phenoxy) is 1. The van der Waals surface area contributed by atoms with Crippen LogP contribution in [0, 0.1) is 22.2 Å². The highest BCUT2D eigenvalue weighted by molar-refractivity contribution is 5.10. The van der Waals surface area contributed by atoms with E-state index in [9.17, 15) is 0 Å². The molecule has 2 unspecified atom stereocenters. The molecule has 0 amide bonds. The van der Waals surface area contributed by atoms with E-state index in [0.717, 1.165) is 19.1 Å². The van der Waals surface area contributed by atoms with Crippen LogP contribution in [0.2, 0.25) is 0 Å². The van der Waals surface area contributed by atoms with Crippen LogP contribution in [0.25, 0.3) is 0 Å². The van der Waals surface area contributed by atoms with E-state index in [1.807, 2.05) is 4.90 Å². The Morgan fingerprint density at radius 3 is 2.16 bits per heavy atom. The topological polar surface area (TPSA) is 13.7 Å². The van der Waals surface area contributed by atoms with Crippen molar-refractivity contribution in [2.45, 2.75) is 52.4 Å². The molecule has 0 aromatic heterocycles. The molecule has 19 heavy (non-hydrogen) atoms. The molecule has 4 bridgehead atoms. The first-order valence-corrected chi connectivity index (χ1v) is 8.40. The highest BCUT2D eigenvalue weighted by atomic mass is 16.5. The van der Waals surface area contributed by atoms with Crippen molar-refractivity contribution in [3.63, 3.8) is 0 Å². The van der Waals surface area contributed by atoms with Crippen molar-refractivity contribution in [1.82, 2.24) is 0 Å². The molecule has 4 atom stereocenters. The van der Waals surface area contributed by atoms with Gasteiger partial charge in [0.25, 0.3) is 0 Å². The first-order chi connectivity index (χ1) is 8.99. The van der Waals surface area contributed by atoms with Crippen molar-refractivity contribution in [2.24, 2.45) is 22.2 Å². The minimum atomic E-state index is 0.680. The van der Waals surface area contributed by atoms with Gasteiger partial charge in [-0.15, -0.1) is 0 Å². The molecule has 2 nitrogen and oxygen atoms in total. The summed E-state index contributed by atoms with van der Waals surface area (Å²) in [7, 11) is 0. The zero-order valence-electron chi connectivity index (χ0n) is 12.8. The molecule has 5 aliphatic rings. The molecule has 4 aliphatic carbocycles. The van der Waals surface area contributed by atoms with Crippen LogP contribution in [0.1, 0.15) is 52.4 Å². The Balaban J connectivity index is 1.56. The van der Waals surface area contributed by atoms with Crippen LogP contribution in [0.5, 0.6) is 0 Å². The molecule has 0 spiro atoms. The SMILES string of the molecule is C[C@]12CC3CC(C[NH+]4CCOCC4)(C1)C[C@@](C)(C3)C2. The molecule has 0 aromatic rings. The first-order valence-electron chi connectivity index (χ1n) is 8.40. The van der Waals surface area contributed by atoms with Gasteiger partial charge in [0.2, 0.25) is 0 Å². The summed E-state index contributed by atoms with van der Waals surface area (Å²) >= 11 is 0. The lowest BCUT2D eigenvalue weighted by molar-refractivity contribution is -0.915. The Kier molecular flexibility index (Phi) is 2.65. The fourth-order valence-electron chi connectivity index (χ4n) is 7.25. The van der Waals surface area contributed by atoms with E-state index < -0.39 is 0 Å². The normalized spacial score (nSPS) is 53.7. The summed E-state index contributed by atoms with van der Waals surface area (Å²) in [6, 6.07) is 0. The highest BCUT2D eigenvalue weighted by Crippen LogP contribution is 2.69. The maximum absolute atomic E-state index is 5.54. The molecule has 1 heterocycles. The standard InChI is InChI=1S/C17H29NO/c1-15-7-14-8-16(2,10-15)12-17(9-14,11-15)13-18-3-5-19-6-4-18/h14H,3-13H2,1-2H3/p+1/t14?,15-,16+,17?. The predicted octanol–water partition coefficient (Wildman–Crippen LogP) is 1.90. The molecule has 5 rings (SSSR count). The lowest BCUT2D eigenvalue weighted by Gasteiger charge is -2.65. The van der Waals surface area contributed by atoms with Crippen molar-refractivity contribution in [1.29, 1.82) is 0 Å². The van der Waals surface area contributed by atoms with Gasteiger partial charge < -0.3 is 9.64 Å². The fourth-order valence-corrected chi connectivity index (χ4v) is 7.25. The Morgan fingerprint density at radius 1 is 0.947 bits per heavy atom. The van der Waals surface area contributed by atoms with Gasteiger partial charge in [-0.1, -0.05) is 13.8 Å². The molecule has 108 valence electrons. The van der Waals surface area contributed by atoms with Crippen molar-refractivity contribution in [2.75, 3.05) is 32.8 Å². The summed E-state index contributed by atoms with van der Waals surface area (Å²) in [5.74, 6) is 1.05. The third kappa shape index (κ3) is 2.15. The van der Waals surface area contributed by atoms with Crippen LogP contribution in [0.4, 0.5) is 0 Å². The molecule has 0 aromatic carbocycles. The average Bonchev–Trinajstić information content (AvgIpc) is 2.24. The smallest absolute Gasteiger partial charge is 0.101 e. The number of quaternary nitrogens is 1. The van der Waals surface area contributed by atoms with Crippen LogP contribution in [-0.2, 0) is 4.74 Å². The van der Waals surface area contributed by atoms with Gasteiger partial charge in [-0.25, -0.2) is 0 Å². The summed E-state index contributed by atoms with van der Waals surface area (Å²) in [5.41, 5.74) is 2.05. The second-order valence-electron chi connectivity index (χ2n) is 9.17. The third-order valence-corrected chi connectivity index (χ3v) is 6.57. The number of rotatable bonds is 2. The monoisotopic (exact) mass is 264 g/mol. The fraction of sp³-hybridized carbons (Fsp3) is 1.00. The van der Waals surface area contributed by atoms with Crippen molar-refractivity contribution in [3.8, 4) is 0 Å². The highest BCUT2D eigenvalue weighted by Gasteiger charge is 2.61. The Bertz CT molecular complexity index is 355. The Labute approximate surface area is 117 Å². The second kappa shape index (κ2) is 3.98. The van der Waals surface area contributed by atoms with Gasteiger partial charge in [0.15, 0.2) is 0 Å². The molecule has 0 radical (unpaired) electrons. The summed E-state index contributed by atoms with van der Waals surface area (Å²) < 4.78 is 5.54. The van der Waals surface area contributed by atoms with Crippen LogP contribution < -0.4 is 4.90 Å². The van der Waals surface area contributed by atoms with Crippen LogP contribution in [0.15, 0.2) is 0 Å². The van der Waals surface area contributed by atoms with Crippen molar-refractivity contribution in [3.05, 3.63) is 0 Å². The molecule has 1 saturated heterocycles. The molecule has 1 aliphatic heterocycles. The van der Waals surface area contributed by atoms with Crippen LogP contribution >= 0.6 is 0 Å². The quantitative estimate of drug-likeness (QED) is 0.804. The molecule has 4 saturated carbocycles. The van der Waals surface area contributed by atoms with Gasteiger partial charge >= 0.3 is 0 Å². The van der Waals surface area contributed by atoms with Crippen molar-refractivity contribution < 1.29 is 9.64 Å². The third-order valence-electron chi connectivity index (χ3n) is 6.57. The lowest BCUT2D eigenvalue weighted by Crippen LogP contribution is -3.15. The van der Waals surface area contributed by atoms with E-state index in [2.05, 4.69) is 13.8 Å². The molecular weight excluding hydrogens is 234 g/mol. The van der Waals surface area contributed by atoms with Gasteiger partial charge in [0.05, 0.1) is 19.8 Å². The van der Waals surface area contributed by atoms with E-state index in [0.29, 0.717) is 16.2 Å². The molecular formula is C17H30NO+. The van der Waals surface area contributed by atoms with Crippen molar-refractivity contribution >= 4 is 0 Å². The maximum atomic E-state index is 5.54. The van der Waals surface area contributed by atoms with Gasteiger partial charge in [-0.2, -0.15) is 0 Å². The summed E-state index contributed by atoms with van der Waals surface area (Å²) in [5, 5.41) is 0.